The largest absolute Gasteiger partial charge is 0.476 e. The maximum absolute atomic E-state index is 13.6. The molecule has 2 aromatic carbocycles. The van der Waals surface area contributed by atoms with Gasteiger partial charge in [-0.15, -0.1) is 0 Å². The second-order valence-corrected chi connectivity index (χ2v) is 11.8. The summed E-state index contributed by atoms with van der Waals surface area (Å²) in [5, 5.41) is 1.99. The molecule has 1 fully saturated rings. The van der Waals surface area contributed by atoms with Crippen molar-refractivity contribution in [2.24, 2.45) is 0 Å². The number of carbonyl (C=O) groups excluding carboxylic acids is 2. The van der Waals surface area contributed by atoms with Gasteiger partial charge in [0.2, 0.25) is 6.10 Å². The van der Waals surface area contributed by atoms with E-state index < -0.39 is 33.6 Å². The molecule has 1 atom stereocenters. The fraction of sp³-hybridized carbons (Fsp3) is 0.227. The van der Waals surface area contributed by atoms with Crippen molar-refractivity contribution in [3.63, 3.8) is 0 Å². The molecule has 1 aliphatic carbocycles. The van der Waals surface area contributed by atoms with E-state index in [1.54, 1.807) is 0 Å². The summed E-state index contributed by atoms with van der Waals surface area (Å²) in [4.78, 5) is 28.5. The van der Waals surface area contributed by atoms with Crippen LogP contribution in [0.2, 0.25) is 9.36 Å². The molecule has 184 valence electrons. The van der Waals surface area contributed by atoms with Crippen LogP contribution in [0, 0.1) is 5.82 Å². The minimum absolute atomic E-state index is 0.0370. The topological polar surface area (TPSA) is 112 Å². The zero-order chi connectivity index (χ0) is 25.3. The van der Waals surface area contributed by atoms with Crippen LogP contribution in [-0.2, 0) is 19.4 Å². The lowest BCUT2D eigenvalue weighted by molar-refractivity contribution is -0.132. The highest BCUT2D eigenvalue weighted by Crippen LogP contribution is 2.36. The number of nitrogens with one attached hydrogen (secondary N) is 1. The highest BCUT2D eigenvalue weighted by atomic mass is 35.5. The molecular formula is C22H17Cl2FN2O6S2. The van der Waals surface area contributed by atoms with Gasteiger partial charge in [0.15, 0.2) is 19.3 Å². The Balaban J connectivity index is 1.62. The molecule has 1 N–H and O–H groups in total. The van der Waals surface area contributed by atoms with Crippen molar-refractivity contribution < 1.29 is 31.9 Å². The Bertz CT molecular complexity index is 1390. The minimum atomic E-state index is -3.42. The van der Waals surface area contributed by atoms with E-state index in [2.05, 4.69) is 10.3 Å². The van der Waals surface area contributed by atoms with Crippen molar-refractivity contribution in [2.45, 2.75) is 36.0 Å². The van der Waals surface area contributed by atoms with Gasteiger partial charge in [-0.25, -0.2) is 12.8 Å². The summed E-state index contributed by atoms with van der Waals surface area (Å²) in [7, 11) is -3.42. The summed E-state index contributed by atoms with van der Waals surface area (Å²) in [6, 6.07) is 9.33. The van der Waals surface area contributed by atoms with Gasteiger partial charge in [-0.3, -0.25) is 14.9 Å². The predicted octanol–water partition coefficient (Wildman–Crippen LogP) is 5.21. The maximum atomic E-state index is 13.6. The standard InChI is InChI=1S/C22H17Cl2FN2O6S2/c1-11(28)32-21-19(24)34-22(27-21)26-20(29)18(33-13-4-9-17(25)16(23)10-13)12-2-5-14(6-3-12)35(30,31)15-7-8-15/h2-6,9-10,15,18H,7-8H2,1H3,(H,26,27,29). The van der Waals surface area contributed by atoms with Gasteiger partial charge in [0.1, 0.15) is 11.6 Å². The number of esters is 1. The molecule has 0 bridgehead atoms. The zero-order valence-electron chi connectivity index (χ0n) is 18.0. The average Bonchev–Trinajstić information content (AvgIpc) is 3.60. The first kappa shape index (κ1) is 25.4. The number of carbonyl (C=O) groups is 2. The number of hydrogen-bond acceptors (Lipinski definition) is 8. The summed E-state index contributed by atoms with van der Waals surface area (Å²) < 4.78 is 49.3. The van der Waals surface area contributed by atoms with E-state index >= 15 is 0 Å². The average molecular weight is 559 g/mol. The zero-order valence-corrected chi connectivity index (χ0v) is 21.1. The first-order valence-electron chi connectivity index (χ1n) is 10.2. The fourth-order valence-corrected chi connectivity index (χ4v) is 5.83. The van der Waals surface area contributed by atoms with Crippen LogP contribution in [0.15, 0.2) is 47.4 Å². The number of hydrogen-bond donors (Lipinski definition) is 1. The SMILES string of the molecule is CC(=O)Oc1nc(NC(=O)C(Oc2ccc(F)c(Cl)c2)c2ccc(S(=O)(=O)C3CC3)cc2)sc1Cl. The van der Waals surface area contributed by atoms with Crippen molar-refractivity contribution in [3.8, 4) is 11.6 Å². The molecule has 35 heavy (non-hydrogen) atoms. The van der Waals surface area contributed by atoms with Crippen LogP contribution in [0.5, 0.6) is 11.6 Å². The number of halogens is 3. The van der Waals surface area contributed by atoms with E-state index in [0.29, 0.717) is 18.4 Å². The van der Waals surface area contributed by atoms with Crippen molar-refractivity contribution in [1.82, 2.24) is 4.98 Å². The van der Waals surface area contributed by atoms with Gasteiger partial charge in [-0.05, 0) is 37.1 Å². The summed E-state index contributed by atoms with van der Waals surface area (Å²) >= 11 is 12.7. The lowest BCUT2D eigenvalue weighted by Gasteiger charge is -2.19. The second kappa shape index (κ2) is 10.1. The number of ether oxygens (including phenoxy) is 2. The van der Waals surface area contributed by atoms with Gasteiger partial charge in [0, 0.05) is 18.6 Å². The van der Waals surface area contributed by atoms with Gasteiger partial charge in [0.05, 0.1) is 15.2 Å². The molecule has 4 rings (SSSR count). The molecule has 1 amide bonds. The Morgan fingerprint density at radius 1 is 1.17 bits per heavy atom. The highest BCUT2D eigenvalue weighted by molar-refractivity contribution is 7.92. The quantitative estimate of drug-likeness (QED) is 0.377. The molecule has 1 aromatic heterocycles. The first-order valence-corrected chi connectivity index (χ1v) is 13.3. The number of thiazole rings is 1. The minimum Gasteiger partial charge on any atom is -0.476 e. The van der Waals surface area contributed by atoms with Gasteiger partial charge in [0.25, 0.3) is 11.8 Å². The van der Waals surface area contributed by atoms with E-state index in [0.717, 1.165) is 17.4 Å². The third kappa shape index (κ3) is 5.92. The summed E-state index contributed by atoms with van der Waals surface area (Å²) in [6.07, 6.45) is -0.0566. The predicted molar refractivity (Wildman–Crippen MR) is 128 cm³/mol. The number of sulfone groups is 1. The lowest BCUT2D eigenvalue weighted by atomic mass is 10.1. The molecule has 0 radical (unpaired) electrons. The van der Waals surface area contributed by atoms with Gasteiger partial charge in [-0.2, -0.15) is 4.98 Å². The monoisotopic (exact) mass is 558 g/mol. The van der Waals surface area contributed by atoms with Crippen molar-refractivity contribution >= 4 is 61.4 Å². The number of aromatic nitrogens is 1. The van der Waals surface area contributed by atoms with Gasteiger partial charge >= 0.3 is 5.97 Å². The molecule has 0 spiro atoms. The van der Waals surface area contributed by atoms with Crippen LogP contribution in [-0.4, -0.2) is 30.5 Å². The van der Waals surface area contributed by atoms with Crippen LogP contribution in [0.1, 0.15) is 31.4 Å². The highest BCUT2D eigenvalue weighted by Gasteiger charge is 2.37. The first-order chi connectivity index (χ1) is 16.5. The molecule has 1 heterocycles. The summed E-state index contributed by atoms with van der Waals surface area (Å²) in [6.45, 7) is 1.18. The third-order valence-electron chi connectivity index (χ3n) is 4.89. The van der Waals surface area contributed by atoms with Crippen LogP contribution in [0.3, 0.4) is 0 Å². The van der Waals surface area contributed by atoms with Crippen LogP contribution in [0.25, 0.3) is 0 Å². The maximum Gasteiger partial charge on any atom is 0.309 e. The van der Waals surface area contributed by atoms with Crippen molar-refractivity contribution in [2.75, 3.05) is 5.32 Å². The second-order valence-electron chi connectivity index (χ2n) is 7.57. The van der Waals surface area contributed by atoms with E-state index in [9.17, 15) is 22.4 Å². The molecule has 0 aliphatic heterocycles. The van der Waals surface area contributed by atoms with Crippen molar-refractivity contribution in [1.29, 1.82) is 0 Å². The van der Waals surface area contributed by atoms with E-state index in [-0.39, 0.29) is 36.3 Å². The number of nitrogens with zero attached hydrogens (tertiary/aromatic N) is 1. The molecule has 13 heteroatoms. The normalized spacial score (nSPS) is 14.3. The Labute approximate surface area is 213 Å². The van der Waals surface area contributed by atoms with E-state index in [1.165, 1.54) is 43.3 Å². The molecule has 0 saturated heterocycles. The Kier molecular flexibility index (Phi) is 7.32. The molecule has 1 unspecified atom stereocenters. The molecule has 8 nitrogen and oxygen atoms in total. The molecule has 1 aliphatic rings. The summed E-state index contributed by atoms with van der Waals surface area (Å²) in [5.74, 6) is -2.04. The molecular weight excluding hydrogens is 542 g/mol. The smallest absolute Gasteiger partial charge is 0.309 e. The third-order valence-corrected chi connectivity index (χ3v) is 8.59. The van der Waals surface area contributed by atoms with Gasteiger partial charge in [-0.1, -0.05) is 46.7 Å². The number of rotatable bonds is 8. The Hall–Kier alpha value is -2.73. The lowest BCUT2D eigenvalue weighted by Crippen LogP contribution is -2.25. The van der Waals surface area contributed by atoms with Crippen LogP contribution in [0.4, 0.5) is 9.52 Å². The van der Waals surface area contributed by atoms with E-state index in [1.807, 2.05) is 0 Å². The summed E-state index contributed by atoms with van der Waals surface area (Å²) in [5.41, 5.74) is 0.320. The van der Waals surface area contributed by atoms with E-state index in [4.69, 9.17) is 32.7 Å². The number of anilines is 1. The fourth-order valence-electron chi connectivity index (χ4n) is 3.07. The number of benzene rings is 2. The van der Waals surface area contributed by atoms with Crippen molar-refractivity contribution in [3.05, 3.63) is 63.2 Å². The van der Waals surface area contributed by atoms with Crippen LogP contribution >= 0.6 is 34.5 Å². The Morgan fingerprint density at radius 3 is 2.46 bits per heavy atom. The molecule has 1 saturated carbocycles. The Morgan fingerprint density at radius 2 is 1.86 bits per heavy atom. The molecule has 3 aromatic rings. The van der Waals surface area contributed by atoms with Crippen LogP contribution < -0.4 is 14.8 Å². The van der Waals surface area contributed by atoms with Gasteiger partial charge < -0.3 is 9.47 Å². The number of amides is 1.